The highest BCUT2D eigenvalue weighted by atomic mass is 32.2. The molecule has 1 heterocycles. The number of aromatic nitrogens is 2. The van der Waals surface area contributed by atoms with Gasteiger partial charge in [0.25, 0.3) is 10.0 Å². The van der Waals surface area contributed by atoms with Crippen LogP contribution in [0.5, 0.6) is 0 Å². The molecule has 2 rings (SSSR count). The molecule has 0 radical (unpaired) electrons. The summed E-state index contributed by atoms with van der Waals surface area (Å²) in [5.74, 6) is -1.73. The van der Waals surface area contributed by atoms with E-state index in [0.717, 1.165) is 12.1 Å². The first-order valence-corrected chi connectivity index (χ1v) is 6.92. The minimum atomic E-state index is -4.06. The molecule has 0 bridgehead atoms. The molecule has 0 fully saturated rings. The topological polar surface area (TPSA) is 74.8 Å². The molecule has 102 valence electrons. The van der Waals surface area contributed by atoms with Crippen LogP contribution >= 0.6 is 0 Å². The molecule has 1 aromatic carbocycles. The number of nitrogens with one attached hydrogen (secondary N) is 2. The van der Waals surface area contributed by atoms with E-state index in [4.69, 9.17) is 0 Å². The van der Waals surface area contributed by atoms with Crippen LogP contribution in [0, 0.1) is 11.6 Å². The maximum Gasteiger partial charge on any atom is 0.263 e. The molecule has 2 aromatic rings. The largest absolute Gasteiger partial charge is 0.264 e. The lowest BCUT2D eigenvalue weighted by atomic mass is 10.3. The third kappa shape index (κ3) is 2.90. The zero-order valence-electron chi connectivity index (χ0n) is 9.94. The van der Waals surface area contributed by atoms with E-state index >= 15 is 0 Å². The van der Waals surface area contributed by atoms with E-state index in [2.05, 4.69) is 14.9 Å². The second-order valence-electron chi connectivity index (χ2n) is 3.83. The Morgan fingerprint density at radius 3 is 2.47 bits per heavy atom. The van der Waals surface area contributed by atoms with Gasteiger partial charge in [-0.05, 0) is 18.6 Å². The molecule has 1 aromatic heterocycles. The Hall–Kier alpha value is -1.96. The van der Waals surface area contributed by atoms with Gasteiger partial charge in [0.05, 0.1) is 11.1 Å². The smallest absolute Gasteiger partial charge is 0.263 e. The molecule has 0 aliphatic heterocycles. The predicted octanol–water partition coefficient (Wildman–Crippen LogP) is 2.05. The van der Waals surface area contributed by atoms with E-state index < -0.39 is 26.6 Å². The van der Waals surface area contributed by atoms with Gasteiger partial charge in [0.2, 0.25) is 0 Å². The maximum atomic E-state index is 13.0. The fraction of sp³-hybridized carbons (Fsp3) is 0.182. The van der Waals surface area contributed by atoms with E-state index in [-0.39, 0.29) is 5.82 Å². The van der Waals surface area contributed by atoms with Crippen molar-refractivity contribution in [2.24, 2.45) is 0 Å². The molecule has 8 heteroatoms. The standard InChI is InChI=1S/C11H11F2N3O2S/c1-2-7-6-14-15-11(7)16-19(17,18)10-4-8(12)3-9(13)5-10/h3-6H,2H2,1H3,(H2,14,15,16). The Morgan fingerprint density at radius 2 is 1.89 bits per heavy atom. The molecule has 0 aliphatic rings. The van der Waals surface area contributed by atoms with Gasteiger partial charge in [-0.25, -0.2) is 17.2 Å². The highest BCUT2D eigenvalue weighted by Gasteiger charge is 2.18. The van der Waals surface area contributed by atoms with Crippen molar-refractivity contribution < 1.29 is 17.2 Å². The minimum Gasteiger partial charge on any atom is -0.264 e. The average Bonchev–Trinajstić information content (AvgIpc) is 2.74. The number of hydrogen-bond donors (Lipinski definition) is 2. The van der Waals surface area contributed by atoms with E-state index in [1.165, 1.54) is 6.20 Å². The first kappa shape index (κ1) is 13.5. The van der Waals surface area contributed by atoms with Crippen LogP contribution in [0.15, 0.2) is 29.3 Å². The number of aryl methyl sites for hydroxylation is 1. The predicted molar refractivity (Wildman–Crippen MR) is 65.1 cm³/mol. The number of anilines is 1. The number of sulfonamides is 1. The van der Waals surface area contributed by atoms with Gasteiger partial charge in [0, 0.05) is 11.6 Å². The van der Waals surface area contributed by atoms with Crippen LogP contribution in [-0.4, -0.2) is 18.6 Å². The van der Waals surface area contributed by atoms with Crippen molar-refractivity contribution in [1.29, 1.82) is 0 Å². The number of hydrogen-bond acceptors (Lipinski definition) is 3. The van der Waals surface area contributed by atoms with Crippen LogP contribution in [0.3, 0.4) is 0 Å². The first-order chi connectivity index (χ1) is 8.92. The zero-order chi connectivity index (χ0) is 14.0. The van der Waals surface area contributed by atoms with Crippen LogP contribution in [-0.2, 0) is 16.4 Å². The summed E-state index contributed by atoms with van der Waals surface area (Å²) in [7, 11) is -4.06. The fourth-order valence-corrected chi connectivity index (χ4v) is 2.64. The highest BCUT2D eigenvalue weighted by molar-refractivity contribution is 7.92. The van der Waals surface area contributed by atoms with Crippen LogP contribution in [0.2, 0.25) is 0 Å². The van der Waals surface area contributed by atoms with E-state index in [1.807, 2.05) is 6.92 Å². The van der Waals surface area contributed by atoms with E-state index in [9.17, 15) is 17.2 Å². The summed E-state index contributed by atoms with van der Waals surface area (Å²) < 4.78 is 52.2. The Labute approximate surface area is 108 Å². The molecule has 2 N–H and O–H groups in total. The molecule has 0 spiro atoms. The highest BCUT2D eigenvalue weighted by Crippen LogP contribution is 2.19. The first-order valence-electron chi connectivity index (χ1n) is 5.43. The summed E-state index contributed by atoms with van der Waals surface area (Å²) in [6, 6.07) is 2.09. The summed E-state index contributed by atoms with van der Waals surface area (Å²) in [4.78, 5) is -0.485. The number of benzene rings is 1. The van der Waals surface area contributed by atoms with Gasteiger partial charge in [0.1, 0.15) is 17.5 Å². The summed E-state index contributed by atoms with van der Waals surface area (Å²) in [6.45, 7) is 1.82. The third-order valence-corrected chi connectivity index (χ3v) is 3.81. The number of aromatic amines is 1. The lowest BCUT2D eigenvalue weighted by Crippen LogP contribution is -2.14. The van der Waals surface area contributed by atoms with Crippen LogP contribution in [0.4, 0.5) is 14.6 Å². The summed E-state index contributed by atoms with van der Waals surface area (Å²) in [5, 5.41) is 6.19. The van der Waals surface area contributed by atoms with E-state index in [1.54, 1.807) is 0 Å². The second kappa shape index (κ2) is 4.96. The van der Waals surface area contributed by atoms with Crippen molar-refractivity contribution in [3.05, 3.63) is 41.6 Å². The van der Waals surface area contributed by atoms with Crippen molar-refractivity contribution in [3.63, 3.8) is 0 Å². The number of H-pyrrole nitrogens is 1. The van der Waals surface area contributed by atoms with E-state index in [0.29, 0.717) is 18.1 Å². The Balaban J connectivity index is 2.38. The van der Waals surface area contributed by atoms with Gasteiger partial charge in [-0.3, -0.25) is 9.82 Å². The molecule has 0 atom stereocenters. The summed E-state index contributed by atoms with van der Waals surface area (Å²) in [6.07, 6.45) is 2.04. The summed E-state index contributed by atoms with van der Waals surface area (Å²) in [5.41, 5.74) is 0.653. The molecule has 0 saturated carbocycles. The molecular weight excluding hydrogens is 276 g/mol. The number of halogens is 2. The van der Waals surface area contributed by atoms with Crippen molar-refractivity contribution in [3.8, 4) is 0 Å². The molecular formula is C11H11F2N3O2S. The monoisotopic (exact) mass is 287 g/mol. The van der Waals surface area contributed by atoms with Crippen molar-refractivity contribution in [2.45, 2.75) is 18.2 Å². The molecule has 19 heavy (non-hydrogen) atoms. The van der Waals surface area contributed by atoms with Gasteiger partial charge in [-0.15, -0.1) is 0 Å². The number of rotatable bonds is 4. The van der Waals surface area contributed by atoms with Crippen LogP contribution in [0.1, 0.15) is 12.5 Å². The van der Waals surface area contributed by atoms with Crippen molar-refractivity contribution in [1.82, 2.24) is 10.2 Å². The molecule has 0 unspecified atom stereocenters. The second-order valence-corrected chi connectivity index (χ2v) is 5.52. The van der Waals surface area contributed by atoms with Gasteiger partial charge in [0.15, 0.2) is 0 Å². The van der Waals surface area contributed by atoms with Gasteiger partial charge in [-0.1, -0.05) is 6.92 Å². The van der Waals surface area contributed by atoms with Gasteiger partial charge in [-0.2, -0.15) is 5.10 Å². The SMILES string of the molecule is CCc1cn[nH]c1NS(=O)(=O)c1cc(F)cc(F)c1. The van der Waals surface area contributed by atoms with Gasteiger partial charge >= 0.3 is 0 Å². The quantitative estimate of drug-likeness (QED) is 0.903. The fourth-order valence-electron chi connectivity index (χ4n) is 1.54. The minimum absolute atomic E-state index is 0.187. The summed E-state index contributed by atoms with van der Waals surface area (Å²) >= 11 is 0. The van der Waals surface area contributed by atoms with Crippen LogP contribution < -0.4 is 4.72 Å². The van der Waals surface area contributed by atoms with Gasteiger partial charge < -0.3 is 0 Å². The molecule has 0 saturated heterocycles. The zero-order valence-corrected chi connectivity index (χ0v) is 10.8. The average molecular weight is 287 g/mol. The van der Waals surface area contributed by atoms with Crippen molar-refractivity contribution >= 4 is 15.8 Å². The Morgan fingerprint density at radius 1 is 1.26 bits per heavy atom. The van der Waals surface area contributed by atoms with Crippen molar-refractivity contribution in [2.75, 3.05) is 4.72 Å². The normalized spacial score (nSPS) is 11.5. The third-order valence-electron chi connectivity index (χ3n) is 2.48. The lowest BCUT2D eigenvalue weighted by Gasteiger charge is -2.07. The number of nitrogens with zero attached hydrogens (tertiary/aromatic N) is 1. The lowest BCUT2D eigenvalue weighted by molar-refractivity contribution is 0.568. The Bertz CT molecular complexity index is 677. The molecule has 0 amide bonds. The van der Waals surface area contributed by atoms with Crippen LogP contribution in [0.25, 0.3) is 0 Å². The molecule has 0 aliphatic carbocycles. The molecule has 5 nitrogen and oxygen atoms in total. The maximum absolute atomic E-state index is 13.0. The Kier molecular flexibility index (Phi) is 3.52.